The average Bonchev–Trinajstić information content (AvgIpc) is 3.21. The van der Waals surface area contributed by atoms with Crippen LogP contribution in [0.25, 0.3) is 0 Å². The molecule has 2 fully saturated rings. The van der Waals surface area contributed by atoms with Crippen LogP contribution in [-0.2, 0) is 21.0 Å². The van der Waals surface area contributed by atoms with E-state index < -0.39 is 26.7 Å². The first-order chi connectivity index (χ1) is 13.1. The van der Waals surface area contributed by atoms with Crippen molar-refractivity contribution in [3.63, 3.8) is 0 Å². The maximum atomic E-state index is 13.2. The van der Waals surface area contributed by atoms with Gasteiger partial charge in [-0.05, 0) is 31.9 Å². The Balaban J connectivity index is 1.70. The molecule has 0 spiro atoms. The SMILES string of the molecule is C[C@@H](C(=O)N1CCCC1)N1CCN(S(=O)(=O)c2ccccc2C(F)(F)F)CC1. The Kier molecular flexibility index (Phi) is 6.02. The van der Waals surface area contributed by atoms with Crippen molar-refractivity contribution in [2.75, 3.05) is 39.3 Å². The van der Waals surface area contributed by atoms with E-state index in [1.165, 1.54) is 12.1 Å². The maximum Gasteiger partial charge on any atom is 0.417 e. The Morgan fingerprint density at radius 3 is 2.14 bits per heavy atom. The summed E-state index contributed by atoms with van der Waals surface area (Å²) in [5.74, 6) is 0.0243. The molecule has 3 rings (SSSR count). The number of likely N-dealkylation sites (tertiary alicyclic amines) is 1. The number of sulfonamides is 1. The molecule has 0 radical (unpaired) electrons. The normalized spacial score (nSPS) is 21.1. The Morgan fingerprint density at radius 1 is 1.00 bits per heavy atom. The summed E-state index contributed by atoms with van der Waals surface area (Å²) in [6.45, 7) is 3.97. The van der Waals surface area contributed by atoms with Gasteiger partial charge >= 0.3 is 6.18 Å². The van der Waals surface area contributed by atoms with Gasteiger partial charge < -0.3 is 4.90 Å². The van der Waals surface area contributed by atoms with Crippen molar-refractivity contribution in [2.45, 2.75) is 36.9 Å². The van der Waals surface area contributed by atoms with Crippen LogP contribution in [0.3, 0.4) is 0 Å². The van der Waals surface area contributed by atoms with Crippen molar-refractivity contribution < 1.29 is 26.4 Å². The van der Waals surface area contributed by atoms with Gasteiger partial charge in [-0.15, -0.1) is 0 Å². The van der Waals surface area contributed by atoms with Crippen molar-refractivity contribution in [2.24, 2.45) is 0 Å². The van der Waals surface area contributed by atoms with Crippen LogP contribution in [0, 0.1) is 0 Å². The van der Waals surface area contributed by atoms with Gasteiger partial charge in [-0.2, -0.15) is 17.5 Å². The lowest BCUT2D eigenvalue weighted by atomic mass is 10.2. The number of rotatable bonds is 4. The molecule has 0 aromatic heterocycles. The van der Waals surface area contributed by atoms with E-state index in [-0.39, 0.29) is 25.0 Å². The van der Waals surface area contributed by atoms with E-state index in [0.29, 0.717) is 13.1 Å². The van der Waals surface area contributed by atoms with Gasteiger partial charge in [-0.25, -0.2) is 8.42 Å². The van der Waals surface area contributed by atoms with E-state index in [1.54, 1.807) is 6.92 Å². The number of hydrogen-bond acceptors (Lipinski definition) is 4. The molecule has 1 atom stereocenters. The summed E-state index contributed by atoms with van der Waals surface area (Å²) in [5.41, 5.74) is -1.16. The predicted molar refractivity (Wildman–Crippen MR) is 97.1 cm³/mol. The average molecular weight is 419 g/mol. The monoisotopic (exact) mass is 419 g/mol. The minimum atomic E-state index is -4.75. The zero-order chi connectivity index (χ0) is 20.5. The van der Waals surface area contributed by atoms with E-state index in [2.05, 4.69) is 0 Å². The molecule has 1 amide bonds. The largest absolute Gasteiger partial charge is 0.417 e. The van der Waals surface area contributed by atoms with Gasteiger partial charge in [0, 0.05) is 39.3 Å². The second kappa shape index (κ2) is 8.00. The topological polar surface area (TPSA) is 60.9 Å². The predicted octanol–water partition coefficient (Wildman–Crippen LogP) is 2.02. The van der Waals surface area contributed by atoms with Crippen LogP contribution in [0.2, 0.25) is 0 Å². The highest BCUT2D eigenvalue weighted by Gasteiger charge is 2.40. The van der Waals surface area contributed by atoms with Gasteiger partial charge in [0.15, 0.2) is 0 Å². The number of piperazine rings is 1. The zero-order valence-electron chi connectivity index (χ0n) is 15.7. The summed E-state index contributed by atoms with van der Waals surface area (Å²) in [5, 5.41) is 0. The van der Waals surface area contributed by atoms with Gasteiger partial charge in [0.25, 0.3) is 0 Å². The van der Waals surface area contributed by atoms with E-state index in [4.69, 9.17) is 0 Å². The quantitative estimate of drug-likeness (QED) is 0.749. The Labute approximate surface area is 162 Å². The van der Waals surface area contributed by atoms with E-state index in [9.17, 15) is 26.4 Å². The standard InChI is InChI=1S/C18H24F3N3O3S/c1-14(17(25)23-8-4-5-9-23)22-10-12-24(13-11-22)28(26,27)16-7-3-2-6-15(16)18(19,20)21/h2-3,6-7,14H,4-5,8-13H2,1H3/t14-/m0/s1. The summed E-state index contributed by atoms with van der Waals surface area (Å²) in [6, 6.07) is 3.86. The molecule has 1 aromatic rings. The number of carbonyl (C=O) groups excluding carboxylic acids is 1. The van der Waals surface area contributed by atoms with Crippen molar-refractivity contribution in [3.8, 4) is 0 Å². The number of alkyl halides is 3. The molecule has 0 aliphatic carbocycles. The number of carbonyl (C=O) groups is 1. The van der Waals surface area contributed by atoms with Crippen LogP contribution in [0.5, 0.6) is 0 Å². The van der Waals surface area contributed by atoms with Gasteiger partial charge in [-0.1, -0.05) is 12.1 Å². The van der Waals surface area contributed by atoms with Crippen LogP contribution in [0.15, 0.2) is 29.2 Å². The van der Waals surface area contributed by atoms with Crippen molar-refractivity contribution in [1.29, 1.82) is 0 Å². The lowest BCUT2D eigenvalue weighted by Gasteiger charge is -2.38. The molecular weight excluding hydrogens is 395 g/mol. The van der Waals surface area contributed by atoms with Crippen LogP contribution >= 0.6 is 0 Å². The number of hydrogen-bond donors (Lipinski definition) is 0. The summed E-state index contributed by atoms with van der Waals surface area (Å²) in [4.78, 5) is 15.5. The zero-order valence-corrected chi connectivity index (χ0v) is 16.5. The number of amides is 1. The van der Waals surface area contributed by atoms with Crippen molar-refractivity contribution >= 4 is 15.9 Å². The highest BCUT2D eigenvalue weighted by Crippen LogP contribution is 2.35. The highest BCUT2D eigenvalue weighted by atomic mass is 32.2. The molecule has 2 aliphatic rings. The molecule has 6 nitrogen and oxygen atoms in total. The summed E-state index contributed by atoms with van der Waals surface area (Å²) < 4.78 is 66.3. The Hall–Kier alpha value is -1.65. The van der Waals surface area contributed by atoms with Crippen molar-refractivity contribution in [1.82, 2.24) is 14.1 Å². The molecule has 2 heterocycles. The molecule has 28 heavy (non-hydrogen) atoms. The number of nitrogens with zero attached hydrogens (tertiary/aromatic N) is 3. The summed E-state index contributed by atoms with van der Waals surface area (Å²) >= 11 is 0. The first-order valence-electron chi connectivity index (χ1n) is 9.31. The van der Waals surface area contributed by atoms with Gasteiger partial charge in [0.05, 0.1) is 16.5 Å². The molecule has 156 valence electrons. The van der Waals surface area contributed by atoms with Gasteiger partial charge in [-0.3, -0.25) is 9.69 Å². The molecule has 0 N–H and O–H groups in total. The first-order valence-corrected chi connectivity index (χ1v) is 10.8. The minimum absolute atomic E-state index is 0.0243. The third-order valence-corrected chi connectivity index (χ3v) is 7.36. The highest BCUT2D eigenvalue weighted by molar-refractivity contribution is 7.89. The molecular formula is C18H24F3N3O3S. The lowest BCUT2D eigenvalue weighted by Crippen LogP contribution is -2.55. The molecule has 0 unspecified atom stereocenters. The maximum absolute atomic E-state index is 13.2. The molecule has 2 saturated heterocycles. The Bertz CT molecular complexity index is 815. The molecule has 0 bridgehead atoms. The number of benzene rings is 1. The summed E-state index contributed by atoms with van der Waals surface area (Å²) in [6.07, 6.45) is -2.77. The number of halogens is 3. The van der Waals surface area contributed by atoms with E-state index >= 15 is 0 Å². The molecule has 0 saturated carbocycles. The van der Waals surface area contributed by atoms with Crippen molar-refractivity contribution in [3.05, 3.63) is 29.8 Å². The Morgan fingerprint density at radius 2 is 1.57 bits per heavy atom. The summed E-state index contributed by atoms with van der Waals surface area (Å²) in [7, 11) is -4.27. The smallest absolute Gasteiger partial charge is 0.341 e. The second-order valence-electron chi connectivity index (χ2n) is 7.14. The fourth-order valence-electron chi connectivity index (χ4n) is 3.75. The van der Waals surface area contributed by atoms with Crippen LogP contribution in [-0.4, -0.2) is 73.7 Å². The second-order valence-corrected chi connectivity index (χ2v) is 9.05. The third-order valence-electron chi connectivity index (χ3n) is 5.41. The third kappa shape index (κ3) is 4.18. The van der Waals surface area contributed by atoms with E-state index in [1.807, 2.05) is 9.80 Å². The molecule has 10 heteroatoms. The first kappa shape index (κ1) is 21.1. The van der Waals surface area contributed by atoms with E-state index in [0.717, 1.165) is 42.4 Å². The molecule has 2 aliphatic heterocycles. The fraction of sp³-hybridized carbons (Fsp3) is 0.611. The van der Waals surface area contributed by atoms with Crippen LogP contribution in [0.1, 0.15) is 25.3 Å². The fourth-order valence-corrected chi connectivity index (χ4v) is 5.39. The minimum Gasteiger partial charge on any atom is -0.341 e. The van der Waals surface area contributed by atoms with Crippen LogP contribution in [0.4, 0.5) is 13.2 Å². The van der Waals surface area contributed by atoms with Gasteiger partial charge in [0.1, 0.15) is 0 Å². The van der Waals surface area contributed by atoms with Crippen LogP contribution < -0.4 is 0 Å². The van der Waals surface area contributed by atoms with Gasteiger partial charge in [0.2, 0.25) is 15.9 Å². The lowest BCUT2D eigenvalue weighted by molar-refractivity contribution is -0.140. The molecule has 1 aromatic carbocycles.